The van der Waals surface area contributed by atoms with Crippen LogP contribution >= 0.6 is 0 Å². The van der Waals surface area contributed by atoms with Crippen molar-refractivity contribution >= 4 is 27.8 Å². The number of hydrogen-bond acceptors (Lipinski definition) is 8. The fourth-order valence-corrected chi connectivity index (χ4v) is 3.17. The van der Waals surface area contributed by atoms with E-state index in [4.69, 9.17) is 4.74 Å². The fourth-order valence-electron chi connectivity index (χ4n) is 2.27. The number of nitrogens with zero attached hydrogens (tertiary/aromatic N) is 5. The highest BCUT2D eigenvalue weighted by Gasteiger charge is 2.36. The zero-order chi connectivity index (χ0) is 22.9. The second-order valence-corrected chi connectivity index (χ2v) is 8.68. The SMILES string of the molecule is CC(C)COC(=O)N(C(=O)c1ccc(C(F)(F)F)cc1S(C)(=O)=O)c1nnnn1C. The van der Waals surface area contributed by atoms with Gasteiger partial charge in [0.25, 0.3) is 11.9 Å². The minimum absolute atomic E-state index is 0.0835. The Kier molecular flexibility index (Phi) is 6.49. The molecule has 1 aromatic carbocycles. The summed E-state index contributed by atoms with van der Waals surface area (Å²) in [7, 11) is -2.98. The molecule has 1 heterocycles. The average molecular weight is 449 g/mol. The molecule has 2 aromatic rings. The molecule has 14 heteroatoms. The third-order valence-electron chi connectivity index (χ3n) is 3.66. The molecule has 30 heavy (non-hydrogen) atoms. The average Bonchev–Trinajstić information content (AvgIpc) is 3.03. The molecule has 2 amide bonds. The number of benzene rings is 1. The maximum atomic E-state index is 13.1. The van der Waals surface area contributed by atoms with Gasteiger partial charge in [-0.2, -0.15) is 18.1 Å². The van der Waals surface area contributed by atoms with Gasteiger partial charge in [-0.3, -0.25) is 4.79 Å². The molecule has 0 bridgehead atoms. The number of hydrogen-bond donors (Lipinski definition) is 0. The number of ether oxygens (including phenoxy) is 1. The van der Waals surface area contributed by atoms with E-state index in [1.807, 2.05) is 0 Å². The molecule has 0 aliphatic heterocycles. The first-order chi connectivity index (χ1) is 13.7. The number of rotatable bonds is 5. The minimum atomic E-state index is -4.84. The van der Waals surface area contributed by atoms with Crippen molar-refractivity contribution in [2.45, 2.75) is 24.9 Å². The Morgan fingerprint density at radius 2 is 1.90 bits per heavy atom. The molecule has 0 radical (unpaired) electrons. The second-order valence-electron chi connectivity index (χ2n) is 6.69. The largest absolute Gasteiger partial charge is 0.449 e. The van der Waals surface area contributed by atoms with E-state index in [1.54, 1.807) is 13.8 Å². The number of alkyl halides is 3. The Hall–Kier alpha value is -3.03. The molecule has 0 N–H and O–H groups in total. The number of aromatic nitrogens is 4. The zero-order valence-corrected chi connectivity index (χ0v) is 17.2. The van der Waals surface area contributed by atoms with Gasteiger partial charge in [-0.05, 0) is 34.5 Å². The van der Waals surface area contributed by atoms with Gasteiger partial charge in [0.05, 0.1) is 22.6 Å². The van der Waals surface area contributed by atoms with Gasteiger partial charge in [0.1, 0.15) is 0 Å². The number of halogens is 3. The Morgan fingerprint density at radius 1 is 1.27 bits per heavy atom. The van der Waals surface area contributed by atoms with E-state index < -0.39 is 50.0 Å². The molecule has 164 valence electrons. The maximum Gasteiger partial charge on any atom is 0.424 e. The van der Waals surface area contributed by atoms with E-state index in [0.29, 0.717) is 29.4 Å². The van der Waals surface area contributed by atoms with Crippen LogP contribution in [-0.4, -0.2) is 53.5 Å². The van der Waals surface area contributed by atoms with Gasteiger partial charge >= 0.3 is 12.3 Å². The molecule has 0 fully saturated rings. The van der Waals surface area contributed by atoms with E-state index in [9.17, 15) is 31.2 Å². The smallest absolute Gasteiger partial charge is 0.424 e. The molecular formula is C16H18F3N5O5S. The lowest BCUT2D eigenvalue weighted by atomic mass is 10.1. The highest BCUT2D eigenvalue weighted by molar-refractivity contribution is 7.90. The lowest BCUT2D eigenvalue weighted by Gasteiger charge is -2.20. The highest BCUT2D eigenvalue weighted by Crippen LogP contribution is 2.32. The summed E-state index contributed by atoms with van der Waals surface area (Å²) in [4.78, 5) is 25.1. The molecule has 0 spiro atoms. The molecular weight excluding hydrogens is 431 g/mol. The van der Waals surface area contributed by atoms with Crippen molar-refractivity contribution in [2.24, 2.45) is 13.0 Å². The van der Waals surface area contributed by atoms with Crippen molar-refractivity contribution in [3.05, 3.63) is 29.3 Å². The lowest BCUT2D eigenvalue weighted by Crippen LogP contribution is -2.40. The van der Waals surface area contributed by atoms with E-state index in [1.165, 1.54) is 7.05 Å². The highest BCUT2D eigenvalue weighted by atomic mass is 32.2. The normalized spacial score (nSPS) is 12.1. The van der Waals surface area contributed by atoms with Gasteiger partial charge in [-0.15, -0.1) is 0 Å². The van der Waals surface area contributed by atoms with E-state index >= 15 is 0 Å². The molecule has 0 saturated heterocycles. The summed E-state index contributed by atoms with van der Waals surface area (Å²) in [5, 5.41) is 10.3. The number of carbonyl (C=O) groups is 2. The molecule has 0 saturated carbocycles. The molecule has 2 rings (SSSR count). The van der Waals surface area contributed by atoms with Gasteiger partial charge in [-0.1, -0.05) is 18.9 Å². The summed E-state index contributed by atoms with van der Waals surface area (Å²) in [6, 6.07) is 1.54. The van der Waals surface area contributed by atoms with Crippen LogP contribution in [0.4, 0.5) is 23.9 Å². The van der Waals surface area contributed by atoms with Crippen LogP contribution < -0.4 is 4.90 Å². The van der Waals surface area contributed by atoms with Crippen LogP contribution in [0.3, 0.4) is 0 Å². The van der Waals surface area contributed by atoms with Gasteiger partial charge in [-0.25, -0.2) is 17.9 Å². The summed E-state index contributed by atoms with van der Waals surface area (Å²) in [5.74, 6) is -1.77. The number of imide groups is 1. The molecule has 0 aliphatic rings. The van der Waals surface area contributed by atoms with Crippen molar-refractivity contribution in [1.82, 2.24) is 20.2 Å². The number of carbonyl (C=O) groups excluding carboxylic acids is 2. The molecule has 0 atom stereocenters. The maximum absolute atomic E-state index is 13.1. The third kappa shape index (κ3) is 5.11. The summed E-state index contributed by atoms with van der Waals surface area (Å²) >= 11 is 0. The number of aryl methyl sites for hydroxylation is 1. The van der Waals surface area contributed by atoms with Gasteiger partial charge < -0.3 is 4.74 Å². The molecule has 1 aromatic heterocycles. The van der Waals surface area contributed by atoms with Gasteiger partial charge in [0.2, 0.25) is 0 Å². The zero-order valence-electron chi connectivity index (χ0n) is 16.3. The Morgan fingerprint density at radius 3 is 2.37 bits per heavy atom. The van der Waals surface area contributed by atoms with Crippen LogP contribution in [0.15, 0.2) is 23.1 Å². The fraction of sp³-hybridized carbons (Fsp3) is 0.438. The Bertz CT molecular complexity index is 1070. The Labute approximate surface area is 169 Å². The van der Waals surface area contributed by atoms with Gasteiger partial charge in [0.15, 0.2) is 9.84 Å². The van der Waals surface area contributed by atoms with Crippen LogP contribution in [0, 0.1) is 5.92 Å². The quantitative estimate of drug-likeness (QED) is 0.680. The number of tetrazole rings is 1. The minimum Gasteiger partial charge on any atom is -0.449 e. The van der Waals surface area contributed by atoms with Crippen LogP contribution in [0.25, 0.3) is 0 Å². The molecule has 0 unspecified atom stereocenters. The van der Waals surface area contributed by atoms with Crippen LogP contribution in [0.2, 0.25) is 0 Å². The number of anilines is 1. The first-order valence-electron chi connectivity index (χ1n) is 8.38. The summed E-state index contributed by atoms with van der Waals surface area (Å²) in [6.07, 6.45) is -5.42. The van der Waals surface area contributed by atoms with Crippen molar-refractivity contribution < 1.29 is 35.9 Å². The standard InChI is InChI=1S/C16H18F3N5O5S/c1-9(2)8-29-15(26)24(14-20-21-22-23(14)3)13(25)11-6-5-10(16(17,18)19)7-12(11)30(4,27)28/h5-7,9H,8H2,1-4H3. The van der Waals surface area contributed by atoms with Crippen molar-refractivity contribution in [2.75, 3.05) is 17.8 Å². The van der Waals surface area contributed by atoms with Crippen LogP contribution in [0.1, 0.15) is 29.8 Å². The topological polar surface area (TPSA) is 124 Å². The number of sulfone groups is 1. The summed E-state index contributed by atoms with van der Waals surface area (Å²) < 4.78 is 69.3. The van der Waals surface area contributed by atoms with E-state index in [2.05, 4.69) is 15.5 Å². The first-order valence-corrected chi connectivity index (χ1v) is 10.3. The van der Waals surface area contributed by atoms with E-state index in [-0.39, 0.29) is 12.5 Å². The van der Waals surface area contributed by atoms with Crippen molar-refractivity contribution in [3.8, 4) is 0 Å². The summed E-state index contributed by atoms with van der Waals surface area (Å²) in [5.41, 5.74) is -1.94. The monoisotopic (exact) mass is 449 g/mol. The first kappa shape index (κ1) is 23.3. The predicted molar refractivity (Wildman–Crippen MR) is 96.3 cm³/mol. The molecule has 0 aliphatic carbocycles. The van der Waals surface area contributed by atoms with Crippen molar-refractivity contribution in [3.63, 3.8) is 0 Å². The van der Waals surface area contributed by atoms with Gasteiger partial charge in [0, 0.05) is 13.3 Å². The summed E-state index contributed by atoms with van der Waals surface area (Å²) in [6.45, 7) is 3.39. The second kappa shape index (κ2) is 8.38. The third-order valence-corrected chi connectivity index (χ3v) is 4.80. The molecule has 10 nitrogen and oxygen atoms in total. The number of amides is 2. The van der Waals surface area contributed by atoms with Crippen LogP contribution in [0.5, 0.6) is 0 Å². The lowest BCUT2D eigenvalue weighted by molar-refractivity contribution is -0.137. The van der Waals surface area contributed by atoms with E-state index in [0.717, 1.165) is 4.68 Å². The predicted octanol–water partition coefficient (Wildman–Crippen LogP) is 2.07. The van der Waals surface area contributed by atoms with Crippen molar-refractivity contribution in [1.29, 1.82) is 0 Å². The Balaban J connectivity index is 2.63. The van der Waals surface area contributed by atoms with Crippen LogP contribution in [-0.2, 0) is 27.8 Å².